The maximum Gasteiger partial charge on any atom is 0.187 e. The highest BCUT2D eigenvalue weighted by Crippen LogP contribution is 2.30. The zero-order chi connectivity index (χ0) is 12.8. The van der Waals surface area contributed by atoms with Gasteiger partial charge in [-0.05, 0) is 19.8 Å². The second kappa shape index (κ2) is 6.97. The lowest BCUT2D eigenvalue weighted by molar-refractivity contribution is 0.112. The van der Waals surface area contributed by atoms with Gasteiger partial charge in [-0.3, -0.25) is 4.79 Å². The van der Waals surface area contributed by atoms with Crippen molar-refractivity contribution in [3.63, 3.8) is 0 Å². The van der Waals surface area contributed by atoms with Crippen molar-refractivity contribution < 1.29 is 4.79 Å². The first-order valence-electron chi connectivity index (χ1n) is 6.02. The van der Waals surface area contributed by atoms with Crippen LogP contribution >= 0.6 is 22.9 Å². The zero-order valence-electron chi connectivity index (χ0n) is 10.6. The maximum atomic E-state index is 10.8. The first-order chi connectivity index (χ1) is 8.13. The smallest absolute Gasteiger partial charge is 0.187 e. The minimum absolute atomic E-state index is 0.324. The minimum atomic E-state index is 0.324. The summed E-state index contributed by atoms with van der Waals surface area (Å²) in [6.45, 7) is 7.46. The van der Waals surface area contributed by atoms with Crippen molar-refractivity contribution in [3.8, 4) is 0 Å². The average Bonchev–Trinajstić information content (AvgIpc) is 2.70. The van der Waals surface area contributed by atoms with Gasteiger partial charge < -0.3 is 4.90 Å². The van der Waals surface area contributed by atoms with E-state index in [2.05, 4.69) is 30.7 Å². The minimum Gasteiger partial charge on any atom is -0.345 e. The fourth-order valence-electron chi connectivity index (χ4n) is 1.55. The van der Waals surface area contributed by atoms with E-state index in [1.165, 1.54) is 11.3 Å². The molecule has 17 heavy (non-hydrogen) atoms. The van der Waals surface area contributed by atoms with E-state index in [1.54, 1.807) is 0 Å². The number of aldehydes is 1. The molecule has 0 aliphatic carbocycles. The van der Waals surface area contributed by atoms with E-state index in [0.29, 0.717) is 16.1 Å². The predicted molar refractivity (Wildman–Crippen MR) is 74.5 cm³/mol. The van der Waals surface area contributed by atoms with Crippen LogP contribution in [-0.4, -0.2) is 23.9 Å². The van der Waals surface area contributed by atoms with Gasteiger partial charge in [0.1, 0.15) is 4.88 Å². The molecule has 0 aliphatic heterocycles. The van der Waals surface area contributed by atoms with Crippen molar-refractivity contribution in [2.45, 2.75) is 46.1 Å². The van der Waals surface area contributed by atoms with Crippen LogP contribution in [0, 0.1) is 0 Å². The average molecular weight is 275 g/mol. The number of rotatable bonds is 7. The lowest BCUT2D eigenvalue weighted by Crippen LogP contribution is -2.33. The van der Waals surface area contributed by atoms with Crippen molar-refractivity contribution in [1.82, 2.24) is 4.98 Å². The fraction of sp³-hybridized carbons (Fsp3) is 0.667. The molecule has 0 saturated heterocycles. The molecular formula is C12H19ClN2OS. The number of carbonyl (C=O) groups excluding carboxylic acids is 1. The monoisotopic (exact) mass is 274 g/mol. The Labute approximate surface area is 112 Å². The quantitative estimate of drug-likeness (QED) is 0.704. The van der Waals surface area contributed by atoms with Gasteiger partial charge in [0.05, 0.1) is 0 Å². The molecule has 1 aromatic heterocycles. The maximum absolute atomic E-state index is 10.8. The summed E-state index contributed by atoms with van der Waals surface area (Å²) in [5.74, 6) is 0. The van der Waals surface area contributed by atoms with E-state index in [0.717, 1.165) is 37.2 Å². The van der Waals surface area contributed by atoms with E-state index in [-0.39, 0.29) is 0 Å². The van der Waals surface area contributed by atoms with Crippen LogP contribution in [0.2, 0.25) is 5.15 Å². The number of nitrogens with zero attached hydrogens (tertiary/aromatic N) is 2. The molecule has 0 radical (unpaired) electrons. The summed E-state index contributed by atoms with van der Waals surface area (Å²) in [4.78, 5) is 17.8. The van der Waals surface area contributed by atoms with E-state index < -0.39 is 0 Å². The third kappa shape index (κ3) is 3.68. The molecular weight excluding hydrogens is 256 g/mol. The summed E-state index contributed by atoms with van der Waals surface area (Å²) >= 11 is 7.29. The van der Waals surface area contributed by atoms with Crippen molar-refractivity contribution in [3.05, 3.63) is 10.0 Å². The number of thiazole rings is 1. The second-order valence-corrected chi connectivity index (χ2v) is 5.44. The highest BCUT2D eigenvalue weighted by atomic mass is 35.5. The summed E-state index contributed by atoms with van der Waals surface area (Å²) in [7, 11) is 0. The largest absolute Gasteiger partial charge is 0.345 e. The Morgan fingerprint density at radius 1 is 1.53 bits per heavy atom. The van der Waals surface area contributed by atoms with Gasteiger partial charge in [-0.2, -0.15) is 0 Å². The normalized spacial score (nSPS) is 12.5. The number of aromatic nitrogens is 1. The molecule has 1 heterocycles. The van der Waals surface area contributed by atoms with Crippen LogP contribution in [0.4, 0.5) is 5.13 Å². The van der Waals surface area contributed by atoms with Gasteiger partial charge in [0, 0.05) is 12.6 Å². The highest BCUT2D eigenvalue weighted by Gasteiger charge is 2.18. The van der Waals surface area contributed by atoms with Crippen LogP contribution in [0.3, 0.4) is 0 Å². The molecule has 3 nitrogen and oxygen atoms in total. The Kier molecular flexibility index (Phi) is 5.92. The Morgan fingerprint density at radius 3 is 2.71 bits per heavy atom. The summed E-state index contributed by atoms with van der Waals surface area (Å²) in [6, 6.07) is 0.420. The van der Waals surface area contributed by atoms with Crippen LogP contribution in [0.15, 0.2) is 0 Å². The Hall–Kier alpha value is -0.610. The predicted octanol–water partition coefficient (Wildman–Crippen LogP) is 4.01. The number of hydrogen-bond acceptors (Lipinski definition) is 4. The lowest BCUT2D eigenvalue weighted by Gasteiger charge is -2.27. The van der Waals surface area contributed by atoms with Gasteiger partial charge in [0.15, 0.2) is 16.6 Å². The molecule has 0 spiro atoms. The SMILES string of the molecule is CCCCN(c1nc(Cl)c(C=O)s1)C(C)CC. The molecule has 0 aromatic carbocycles. The van der Waals surface area contributed by atoms with Gasteiger partial charge in [-0.1, -0.05) is 43.2 Å². The van der Waals surface area contributed by atoms with E-state index >= 15 is 0 Å². The standard InChI is InChI=1S/C12H19ClN2OS/c1-4-6-7-15(9(3)5-2)12-14-11(13)10(8-16)17-12/h8-9H,4-7H2,1-3H3. The topological polar surface area (TPSA) is 33.2 Å². The Bertz CT molecular complexity index is 367. The lowest BCUT2D eigenvalue weighted by atomic mass is 10.2. The van der Waals surface area contributed by atoms with E-state index in [4.69, 9.17) is 11.6 Å². The molecule has 96 valence electrons. The first-order valence-corrected chi connectivity index (χ1v) is 7.21. The highest BCUT2D eigenvalue weighted by molar-refractivity contribution is 7.17. The third-order valence-electron chi connectivity index (χ3n) is 2.83. The molecule has 1 rings (SSSR count). The summed E-state index contributed by atoms with van der Waals surface area (Å²) in [5.41, 5.74) is 0. The molecule has 0 aliphatic rings. The summed E-state index contributed by atoms with van der Waals surface area (Å²) in [6.07, 6.45) is 4.10. The molecule has 0 amide bonds. The number of unbranched alkanes of at least 4 members (excludes halogenated alkanes) is 1. The number of halogens is 1. The molecule has 0 fully saturated rings. The Balaban J connectivity index is 2.90. The molecule has 5 heteroatoms. The number of hydrogen-bond donors (Lipinski definition) is 0. The van der Waals surface area contributed by atoms with Gasteiger partial charge in [0.25, 0.3) is 0 Å². The molecule has 0 N–H and O–H groups in total. The molecule has 1 aromatic rings. The van der Waals surface area contributed by atoms with Crippen molar-refractivity contribution in [2.24, 2.45) is 0 Å². The van der Waals surface area contributed by atoms with Crippen LogP contribution in [0.5, 0.6) is 0 Å². The van der Waals surface area contributed by atoms with Crippen LogP contribution in [0.25, 0.3) is 0 Å². The van der Waals surface area contributed by atoms with Crippen molar-refractivity contribution >= 4 is 34.4 Å². The van der Waals surface area contributed by atoms with Crippen LogP contribution in [-0.2, 0) is 0 Å². The fourth-order valence-corrected chi connectivity index (χ4v) is 2.74. The molecule has 0 saturated carbocycles. The molecule has 0 bridgehead atoms. The summed E-state index contributed by atoms with van der Waals surface area (Å²) in [5, 5.41) is 1.18. The van der Waals surface area contributed by atoms with Gasteiger partial charge in [-0.25, -0.2) is 4.98 Å². The van der Waals surface area contributed by atoms with Crippen LogP contribution < -0.4 is 4.90 Å². The molecule has 1 unspecified atom stereocenters. The number of anilines is 1. The van der Waals surface area contributed by atoms with Crippen molar-refractivity contribution in [1.29, 1.82) is 0 Å². The molecule has 1 atom stereocenters. The van der Waals surface area contributed by atoms with Gasteiger partial charge in [0.2, 0.25) is 0 Å². The van der Waals surface area contributed by atoms with Crippen molar-refractivity contribution in [2.75, 3.05) is 11.4 Å². The third-order valence-corrected chi connectivity index (χ3v) is 4.24. The van der Waals surface area contributed by atoms with E-state index in [9.17, 15) is 4.79 Å². The second-order valence-electron chi connectivity index (χ2n) is 4.07. The van der Waals surface area contributed by atoms with Gasteiger partial charge in [-0.15, -0.1) is 0 Å². The Morgan fingerprint density at radius 2 is 2.24 bits per heavy atom. The first kappa shape index (κ1) is 14.5. The number of carbonyl (C=O) groups is 1. The van der Waals surface area contributed by atoms with Gasteiger partial charge >= 0.3 is 0 Å². The van der Waals surface area contributed by atoms with E-state index in [1.807, 2.05) is 0 Å². The zero-order valence-corrected chi connectivity index (χ0v) is 12.1. The summed E-state index contributed by atoms with van der Waals surface area (Å²) < 4.78 is 0. The van der Waals surface area contributed by atoms with Crippen LogP contribution in [0.1, 0.15) is 49.7 Å².